The number of nitrogens with zero attached hydrogens (tertiary/aromatic N) is 1. The van der Waals surface area contributed by atoms with Crippen LogP contribution in [0.4, 0.5) is 4.39 Å². The average Bonchev–Trinajstić information content (AvgIpc) is 2.50. The van der Waals surface area contributed by atoms with Gasteiger partial charge in [-0.05, 0) is 31.4 Å². The van der Waals surface area contributed by atoms with Gasteiger partial charge in [-0.2, -0.15) is 0 Å². The number of nitrogens with two attached hydrogens (primary N) is 1. The van der Waals surface area contributed by atoms with Gasteiger partial charge in [0.05, 0.1) is 12.1 Å². The lowest BCUT2D eigenvalue weighted by Crippen LogP contribution is -2.58. The van der Waals surface area contributed by atoms with E-state index in [2.05, 4.69) is 0 Å². The number of rotatable bonds is 5. The quantitative estimate of drug-likeness (QED) is 0.872. The summed E-state index contributed by atoms with van der Waals surface area (Å²) in [6, 6.07) is 4.53. The van der Waals surface area contributed by atoms with E-state index in [1.807, 2.05) is 6.92 Å². The molecule has 1 aliphatic heterocycles. The first-order valence-corrected chi connectivity index (χ1v) is 7.94. The summed E-state index contributed by atoms with van der Waals surface area (Å²) in [6.45, 7) is 3.57. The zero-order chi connectivity index (χ0) is 16.2. The third-order valence-electron chi connectivity index (χ3n) is 4.00. The van der Waals surface area contributed by atoms with Gasteiger partial charge in [-0.1, -0.05) is 24.6 Å². The van der Waals surface area contributed by atoms with Crippen LogP contribution in [-0.2, 0) is 16.1 Å². The predicted octanol–water partition coefficient (Wildman–Crippen LogP) is 3.15. The fourth-order valence-electron chi connectivity index (χ4n) is 2.66. The fraction of sp³-hybridized carbons (Fsp3) is 0.562. The molecular weight excluding hydrogens is 342 g/mol. The van der Waals surface area contributed by atoms with Crippen molar-refractivity contribution in [3.63, 3.8) is 0 Å². The minimum absolute atomic E-state index is 0. The van der Waals surface area contributed by atoms with Gasteiger partial charge >= 0.3 is 0 Å². The number of carbonyl (C=O) groups excluding carboxylic acids is 1. The molecule has 130 valence electrons. The normalized spacial score (nSPS) is 16.5. The molecular formula is C16H23Cl2FN2O2. The first-order valence-electron chi connectivity index (χ1n) is 7.57. The van der Waals surface area contributed by atoms with Gasteiger partial charge in [-0.25, -0.2) is 4.39 Å². The molecule has 1 fully saturated rings. The Hall–Kier alpha value is -0.880. The lowest BCUT2D eigenvalue weighted by Gasteiger charge is -2.37. The van der Waals surface area contributed by atoms with E-state index in [4.69, 9.17) is 22.1 Å². The largest absolute Gasteiger partial charge is 0.381 e. The van der Waals surface area contributed by atoms with Crippen molar-refractivity contribution >= 4 is 29.9 Å². The van der Waals surface area contributed by atoms with Crippen molar-refractivity contribution in [1.82, 2.24) is 4.90 Å². The Balaban J connectivity index is 0.00000264. The number of hydrogen-bond acceptors (Lipinski definition) is 3. The van der Waals surface area contributed by atoms with E-state index in [9.17, 15) is 9.18 Å². The summed E-state index contributed by atoms with van der Waals surface area (Å²) < 4.78 is 19.3. The molecule has 1 aliphatic rings. The summed E-state index contributed by atoms with van der Waals surface area (Å²) in [5.74, 6) is -0.559. The summed E-state index contributed by atoms with van der Waals surface area (Å²) in [5, 5.41) is 0.326. The van der Waals surface area contributed by atoms with Crippen LogP contribution >= 0.6 is 24.0 Å². The molecule has 1 aromatic carbocycles. The number of hydrogen-bond donors (Lipinski definition) is 1. The summed E-state index contributed by atoms with van der Waals surface area (Å²) >= 11 is 6.07. The van der Waals surface area contributed by atoms with Gasteiger partial charge in [0.15, 0.2) is 0 Å². The Morgan fingerprint density at radius 2 is 2.09 bits per heavy atom. The van der Waals surface area contributed by atoms with Gasteiger partial charge in [0, 0.05) is 30.3 Å². The van der Waals surface area contributed by atoms with E-state index in [0.29, 0.717) is 43.2 Å². The minimum Gasteiger partial charge on any atom is -0.381 e. The molecule has 7 heteroatoms. The molecule has 0 radical (unpaired) electrons. The highest BCUT2D eigenvalue weighted by Crippen LogP contribution is 2.25. The van der Waals surface area contributed by atoms with Crippen molar-refractivity contribution in [1.29, 1.82) is 0 Å². The van der Waals surface area contributed by atoms with Gasteiger partial charge in [0.1, 0.15) is 5.82 Å². The molecule has 0 spiro atoms. The van der Waals surface area contributed by atoms with Gasteiger partial charge in [-0.15, -0.1) is 12.4 Å². The highest BCUT2D eigenvalue weighted by Gasteiger charge is 2.39. The van der Waals surface area contributed by atoms with Crippen molar-refractivity contribution in [3.8, 4) is 0 Å². The number of halogens is 3. The fourth-order valence-corrected chi connectivity index (χ4v) is 2.88. The van der Waals surface area contributed by atoms with E-state index in [1.54, 1.807) is 17.0 Å². The molecule has 1 saturated heterocycles. The molecule has 1 aromatic rings. The summed E-state index contributed by atoms with van der Waals surface area (Å²) in [4.78, 5) is 14.4. The second-order valence-electron chi connectivity index (χ2n) is 5.70. The first-order chi connectivity index (χ1) is 10.5. The maximum Gasteiger partial charge on any atom is 0.243 e. The SMILES string of the molecule is CCCN(Cc1c(F)cccc1Cl)C(=O)C1(N)CCOCC1.Cl. The molecule has 23 heavy (non-hydrogen) atoms. The van der Waals surface area contributed by atoms with Gasteiger partial charge in [-0.3, -0.25) is 4.79 Å². The van der Waals surface area contributed by atoms with Crippen molar-refractivity contribution in [2.24, 2.45) is 5.73 Å². The van der Waals surface area contributed by atoms with Crippen LogP contribution in [0.2, 0.25) is 5.02 Å². The lowest BCUT2D eigenvalue weighted by molar-refractivity contribution is -0.141. The maximum absolute atomic E-state index is 14.0. The zero-order valence-corrected chi connectivity index (χ0v) is 14.8. The molecule has 0 unspecified atom stereocenters. The van der Waals surface area contributed by atoms with Gasteiger partial charge in [0.25, 0.3) is 0 Å². The van der Waals surface area contributed by atoms with E-state index in [-0.39, 0.29) is 24.9 Å². The maximum atomic E-state index is 14.0. The van der Waals surface area contributed by atoms with Crippen molar-refractivity contribution in [2.45, 2.75) is 38.3 Å². The summed E-state index contributed by atoms with van der Waals surface area (Å²) in [6.07, 6.45) is 1.73. The zero-order valence-electron chi connectivity index (χ0n) is 13.2. The average molecular weight is 365 g/mol. The smallest absolute Gasteiger partial charge is 0.243 e. The number of ether oxygens (including phenoxy) is 1. The first kappa shape index (κ1) is 20.2. The van der Waals surface area contributed by atoms with Crippen LogP contribution in [0, 0.1) is 5.82 Å². The number of benzene rings is 1. The van der Waals surface area contributed by atoms with Crippen molar-refractivity contribution < 1.29 is 13.9 Å². The molecule has 4 nitrogen and oxygen atoms in total. The van der Waals surface area contributed by atoms with Crippen LogP contribution < -0.4 is 5.73 Å². The van der Waals surface area contributed by atoms with Crippen LogP contribution in [0.1, 0.15) is 31.7 Å². The second kappa shape index (κ2) is 8.83. The highest BCUT2D eigenvalue weighted by atomic mass is 35.5. The van der Waals surface area contributed by atoms with Crippen LogP contribution in [-0.4, -0.2) is 36.1 Å². The Morgan fingerprint density at radius 3 is 2.65 bits per heavy atom. The van der Waals surface area contributed by atoms with E-state index < -0.39 is 11.4 Å². The van der Waals surface area contributed by atoms with E-state index >= 15 is 0 Å². The Labute approximate surface area is 147 Å². The van der Waals surface area contributed by atoms with Crippen molar-refractivity contribution in [2.75, 3.05) is 19.8 Å². The predicted molar refractivity (Wildman–Crippen MR) is 91.3 cm³/mol. The molecule has 1 heterocycles. The highest BCUT2D eigenvalue weighted by molar-refractivity contribution is 6.31. The molecule has 0 aliphatic carbocycles. The lowest BCUT2D eigenvalue weighted by atomic mass is 9.89. The van der Waals surface area contributed by atoms with Crippen LogP contribution in [0.5, 0.6) is 0 Å². The Morgan fingerprint density at radius 1 is 1.43 bits per heavy atom. The monoisotopic (exact) mass is 364 g/mol. The molecule has 0 saturated carbocycles. The third kappa shape index (κ3) is 4.80. The topological polar surface area (TPSA) is 55.6 Å². The number of amides is 1. The molecule has 0 aromatic heterocycles. The third-order valence-corrected chi connectivity index (χ3v) is 4.36. The Bertz CT molecular complexity index is 517. The van der Waals surface area contributed by atoms with Crippen molar-refractivity contribution in [3.05, 3.63) is 34.6 Å². The number of carbonyl (C=O) groups is 1. The molecule has 2 N–H and O–H groups in total. The molecule has 0 atom stereocenters. The summed E-state index contributed by atoms with van der Waals surface area (Å²) in [5.41, 5.74) is 5.67. The van der Waals surface area contributed by atoms with Gasteiger partial charge < -0.3 is 15.4 Å². The standard InChI is InChI=1S/C16H22ClFN2O2.ClH/c1-2-8-20(11-12-13(17)4-3-5-14(12)18)15(21)16(19)6-9-22-10-7-16;/h3-5H,2,6-11,19H2,1H3;1H. The van der Waals surface area contributed by atoms with Crippen LogP contribution in [0.3, 0.4) is 0 Å². The van der Waals surface area contributed by atoms with Crippen LogP contribution in [0.25, 0.3) is 0 Å². The van der Waals surface area contributed by atoms with Gasteiger partial charge in [0.2, 0.25) is 5.91 Å². The minimum atomic E-state index is -0.925. The molecule has 2 rings (SSSR count). The Kier molecular flexibility index (Phi) is 7.74. The van der Waals surface area contributed by atoms with E-state index in [1.165, 1.54) is 6.07 Å². The van der Waals surface area contributed by atoms with Crippen LogP contribution in [0.15, 0.2) is 18.2 Å². The molecule has 0 bridgehead atoms. The summed E-state index contributed by atoms with van der Waals surface area (Å²) in [7, 11) is 0. The molecule has 1 amide bonds. The van der Waals surface area contributed by atoms with E-state index in [0.717, 1.165) is 6.42 Å². The second-order valence-corrected chi connectivity index (χ2v) is 6.10.